The number of nitro groups is 1. The number of hydrogen-bond acceptors (Lipinski definition) is 4. The average molecular weight is 356 g/mol. The number of anilines is 1. The molecule has 0 radical (unpaired) electrons. The minimum absolute atomic E-state index is 0.00946. The highest BCUT2D eigenvalue weighted by Crippen LogP contribution is 2.41. The third kappa shape index (κ3) is 3.14. The molecule has 0 aliphatic carbocycles. The van der Waals surface area contributed by atoms with Crippen molar-refractivity contribution >= 4 is 11.4 Å². The van der Waals surface area contributed by atoms with Crippen molar-refractivity contribution in [2.75, 3.05) is 18.0 Å². The predicted octanol–water partition coefficient (Wildman–Crippen LogP) is 3.46. The van der Waals surface area contributed by atoms with Crippen molar-refractivity contribution in [2.45, 2.75) is 11.8 Å². The van der Waals surface area contributed by atoms with Crippen LogP contribution in [0.5, 0.6) is 0 Å². The van der Waals surface area contributed by atoms with Gasteiger partial charge in [-0.25, -0.2) is 4.39 Å². The van der Waals surface area contributed by atoms with Crippen LogP contribution in [0.25, 0.3) is 0 Å². The highest BCUT2D eigenvalue weighted by molar-refractivity contribution is 5.67. The predicted molar refractivity (Wildman–Crippen MR) is 80.6 cm³/mol. The first kappa shape index (κ1) is 17.2. The number of hydrogen-bond donors (Lipinski definition) is 1. The summed E-state index contributed by atoms with van der Waals surface area (Å²) in [7, 11) is 0. The van der Waals surface area contributed by atoms with E-state index in [0.29, 0.717) is 11.6 Å². The van der Waals surface area contributed by atoms with Gasteiger partial charge in [-0.05, 0) is 29.8 Å². The summed E-state index contributed by atoms with van der Waals surface area (Å²) >= 11 is 0. The second-order valence-electron chi connectivity index (χ2n) is 5.85. The van der Waals surface area contributed by atoms with Gasteiger partial charge in [0.15, 0.2) is 0 Å². The van der Waals surface area contributed by atoms with Gasteiger partial charge in [-0.3, -0.25) is 10.1 Å². The molecule has 132 valence electrons. The molecule has 0 bridgehead atoms. The molecule has 1 saturated heterocycles. The molecule has 1 N–H and O–H groups in total. The van der Waals surface area contributed by atoms with Gasteiger partial charge in [-0.1, -0.05) is 12.1 Å². The molecule has 2 aromatic carbocycles. The van der Waals surface area contributed by atoms with E-state index in [1.54, 1.807) is 0 Å². The number of aliphatic hydroxyl groups is 1. The van der Waals surface area contributed by atoms with Crippen molar-refractivity contribution in [2.24, 2.45) is 0 Å². The van der Waals surface area contributed by atoms with Crippen molar-refractivity contribution in [3.8, 4) is 0 Å². The highest BCUT2D eigenvalue weighted by Gasteiger charge is 2.45. The Hall–Kier alpha value is -2.68. The Morgan fingerprint density at radius 1 is 1.12 bits per heavy atom. The summed E-state index contributed by atoms with van der Waals surface area (Å²) in [6.45, 7) is -0.102. The number of β-amino-alcohol motifs (C(OH)–C–C–N with tert-alkyl or cyclic N) is 1. The SMILES string of the molecule is O=[N+]([O-])c1cc(C(F)(F)F)ccc1N1CC(O)(c2ccc(F)cc2)C1. The lowest BCUT2D eigenvalue weighted by Crippen LogP contribution is -2.59. The molecule has 0 atom stereocenters. The smallest absolute Gasteiger partial charge is 0.381 e. The zero-order valence-electron chi connectivity index (χ0n) is 12.6. The molecule has 0 unspecified atom stereocenters. The first-order valence-electron chi connectivity index (χ1n) is 7.19. The number of nitrogens with zero attached hydrogens (tertiary/aromatic N) is 2. The molecule has 0 aromatic heterocycles. The molecule has 9 heteroatoms. The van der Waals surface area contributed by atoms with Crippen molar-refractivity contribution in [3.05, 3.63) is 69.5 Å². The van der Waals surface area contributed by atoms with Gasteiger partial charge >= 0.3 is 6.18 Å². The maximum atomic E-state index is 13.0. The molecule has 5 nitrogen and oxygen atoms in total. The summed E-state index contributed by atoms with van der Waals surface area (Å²) < 4.78 is 51.1. The number of nitro benzene ring substituents is 1. The molecule has 1 fully saturated rings. The van der Waals surface area contributed by atoms with Gasteiger partial charge < -0.3 is 10.0 Å². The standard InChI is InChI=1S/C16H12F4N2O3/c17-12-4-1-10(2-5-12)15(23)8-21(9-15)13-6-3-11(16(18,19)20)7-14(13)22(24)25/h1-7,23H,8-9H2. The fraction of sp³-hybridized carbons (Fsp3) is 0.250. The lowest BCUT2D eigenvalue weighted by atomic mass is 9.85. The van der Waals surface area contributed by atoms with Gasteiger partial charge in [0.05, 0.1) is 23.6 Å². The Kier molecular flexibility index (Phi) is 3.91. The van der Waals surface area contributed by atoms with Crippen LogP contribution in [0.1, 0.15) is 11.1 Å². The molecular formula is C16H12F4N2O3. The summed E-state index contributed by atoms with van der Waals surface area (Å²) in [6.07, 6.45) is -4.69. The largest absolute Gasteiger partial charge is 0.416 e. The van der Waals surface area contributed by atoms with Crippen LogP contribution in [0, 0.1) is 15.9 Å². The Morgan fingerprint density at radius 3 is 2.24 bits per heavy atom. The van der Waals surface area contributed by atoms with Crippen LogP contribution in [0.4, 0.5) is 28.9 Å². The minimum atomic E-state index is -4.69. The summed E-state index contributed by atoms with van der Waals surface area (Å²) in [4.78, 5) is 11.6. The number of benzene rings is 2. The van der Waals surface area contributed by atoms with E-state index in [1.807, 2.05) is 0 Å². The van der Waals surface area contributed by atoms with Crippen LogP contribution in [0.2, 0.25) is 0 Å². The van der Waals surface area contributed by atoms with Crippen LogP contribution in [0.3, 0.4) is 0 Å². The number of rotatable bonds is 3. The monoisotopic (exact) mass is 356 g/mol. The van der Waals surface area contributed by atoms with E-state index in [4.69, 9.17) is 0 Å². The zero-order chi connectivity index (χ0) is 18.4. The van der Waals surface area contributed by atoms with Crippen molar-refractivity contribution in [1.82, 2.24) is 0 Å². The fourth-order valence-electron chi connectivity index (χ4n) is 2.81. The Labute approximate surface area is 139 Å². The van der Waals surface area contributed by atoms with Crippen LogP contribution < -0.4 is 4.90 Å². The first-order chi connectivity index (χ1) is 11.6. The van der Waals surface area contributed by atoms with E-state index >= 15 is 0 Å². The fourth-order valence-corrected chi connectivity index (χ4v) is 2.81. The Bertz CT molecular complexity index is 815. The first-order valence-corrected chi connectivity index (χ1v) is 7.19. The van der Waals surface area contributed by atoms with E-state index in [2.05, 4.69) is 0 Å². The molecule has 0 spiro atoms. The molecule has 1 heterocycles. The van der Waals surface area contributed by atoms with Gasteiger partial charge in [-0.2, -0.15) is 13.2 Å². The topological polar surface area (TPSA) is 66.6 Å². The maximum Gasteiger partial charge on any atom is 0.416 e. The van der Waals surface area contributed by atoms with Gasteiger partial charge in [0.2, 0.25) is 0 Å². The third-order valence-electron chi connectivity index (χ3n) is 4.13. The summed E-state index contributed by atoms with van der Waals surface area (Å²) in [6, 6.07) is 7.40. The van der Waals surface area contributed by atoms with Crippen LogP contribution in [0.15, 0.2) is 42.5 Å². The van der Waals surface area contributed by atoms with Gasteiger partial charge in [0.1, 0.15) is 17.1 Å². The molecule has 2 aromatic rings. The molecule has 1 aliphatic rings. The molecule has 1 aliphatic heterocycles. The highest BCUT2D eigenvalue weighted by atomic mass is 19.4. The van der Waals surface area contributed by atoms with E-state index in [-0.39, 0.29) is 18.8 Å². The normalized spacial score (nSPS) is 16.4. The van der Waals surface area contributed by atoms with E-state index in [1.165, 1.54) is 29.2 Å². The quantitative estimate of drug-likeness (QED) is 0.520. The lowest BCUT2D eigenvalue weighted by Gasteiger charge is -2.47. The zero-order valence-corrected chi connectivity index (χ0v) is 12.6. The van der Waals surface area contributed by atoms with E-state index in [9.17, 15) is 32.8 Å². The van der Waals surface area contributed by atoms with E-state index in [0.717, 1.165) is 12.1 Å². The van der Waals surface area contributed by atoms with Crippen molar-refractivity contribution in [3.63, 3.8) is 0 Å². The Balaban J connectivity index is 1.87. The Morgan fingerprint density at radius 2 is 1.72 bits per heavy atom. The van der Waals surface area contributed by atoms with E-state index < -0.39 is 33.8 Å². The van der Waals surface area contributed by atoms with Gasteiger partial charge in [0.25, 0.3) is 5.69 Å². The second-order valence-corrected chi connectivity index (χ2v) is 5.85. The van der Waals surface area contributed by atoms with Crippen molar-refractivity contribution < 1.29 is 27.6 Å². The molecule has 0 saturated carbocycles. The number of halogens is 4. The lowest BCUT2D eigenvalue weighted by molar-refractivity contribution is -0.384. The van der Waals surface area contributed by atoms with Crippen LogP contribution >= 0.6 is 0 Å². The second kappa shape index (κ2) is 5.69. The number of alkyl halides is 3. The summed E-state index contributed by atoms with van der Waals surface area (Å²) in [5.74, 6) is -0.470. The maximum absolute atomic E-state index is 13.0. The van der Waals surface area contributed by atoms with Crippen LogP contribution in [-0.2, 0) is 11.8 Å². The molecule has 0 amide bonds. The minimum Gasteiger partial charge on any atom is -0.381 e. The summed E-state index contributed by atoms with van der Waals surface area (Å²) in [5.41, 5.74) is -2.72. The van der Waals surface area contributed by atoms with Gasteiger partial charge in [-0.15, -0.1) is 0 Å². The summed E-state index contributed by atoms with van der Waals surface area (Å²) in [5, 5.41) is 21.6. The molecule has 3 rings (SSSR count). The molecular weight excluding hydrogens is 344 g/mol. The third-order valence-corrected chi connectivity index (χ3v) is 4.13. The van der Waals surface area contributed by atoms with Gasteiger partial charge in [0, 0.05) is 6.07 Å². The molecule has 25 heavy (non-hydrogen) atoms. The average Bonchev–Trinajstić information content (AvgIpc) is 2.51. The van der Waals surface area contributed by atoms with Crippen molar-refractivity contribution in [1.29, 1.82) is 0 Å². The van der Waals surface area contributed by atoms with Crippen LogP contribution in [-0.4, -0.2) is 23.1 Å².